The molecule has 1 fully saturated rings. The van der Waals surface area contributed by atoms with Gasteiger partial charge >= 0.3 is 0 Å². The predicted octanol–water partition coefficient (Wildman–Crippen LogP) is 3.46. The zero-order chi connectivity index (χ0) is 13.3. The molecule has 0 spiro atoms. The third-order valence-corrected chi connectivity index (χ3v) is 3.55. The summed E-state index contributed by atoms with van der Waals surface area (Å²) in [5, 5.41) is 7.55. The molecule has 2 nitrogen and oxygen atoms in total. The fourth-order valence-corrected chi connectivity index (χ4v) is 3.84. The molecule has 0 aromatic heterocycles. The lowest BCUT2D eigenvalue weighted by molar-refractivity contribution is 0.0921. The van der Waals surface area contributed by atoms with Crippen molar-refractivity contribution in [1.29, 1.82) is 0 Å². The second kappa shape index (κ2) is 5.13. The van der Waals surface area contributed by atoms with Crippen LogP contribution in [0.3, 0.4) is 0 Å². The van der Waals surface area contributed by atoms with Gasteiger partial charge in [-0.05, 0) is 56.2 Å². The van der Waals surface area contributed by atoms with Crippen molar-refractivity contribution in [2.75, 3.05) is 0 Å². The van der Waals surface area contributed by atoms with Crippen LogP contribution in [-0.4, -0.2) is 17.2 Å². The minimum absolute atomic E-state index is 0.402. The lowest BCUT2D eigenvalue weighted by Crippen LogP contribution is -2.50. The molecule has 0 aromatic rings. The topological polar surface area (TPSA) is 24.1 Å². The Balaban J connectivity index is 2.56. The van der Waals surface area contributed by atoms with E-state index in [0.717, 1.165) is 5.11 Å². The van der Waals surface area contributed by atoms with Crippen molar-refractivity contribution in [2.24, 2.45) is 10.8 Å². The van der Waals surface area contributed by atoms with Crippen molar-refractivity contribution in [3.63, 3.8) is 0 Å². The predicted molar refractivity (Wildman–Crippen MR) is 79.2 cm³/mol. The van der Waals surface area contributed by atoms with Crippen LogP contribution in [0.2, 0.25) is 0 Å². The Bertz CT molecular complexity index is 266. The van der Waals surface area contributed by atoms with E-state index in [-0.39, 0.29) is 0 Å². The maximum absolute atomic E-state index is 5.34. The molecule has 1 rings (SSSR count). The van der Waals surface area contributed by atoms with Gasteiger partial charge in [-0.25, -0.2) is 0 Å². The van der Waals surface area contributed by atoms with Crippen LogP contribution in [-0.2, 0) is 0 Å². The van der Waals surface area contributed by atoms with E-state index >= 15 is 0 Å². The van der Waals surface area contributed by atoms with Gasteiger partial charge in [-0.1, -0.05) is 27.7 Å². The molecule has 1 aliphatic carbocycles. The molecule has 0 unspecified atom stereocenters. The molecule has 0 amide bonds. The summed E-state index contributed by atoms with van der Waals surface area (Å²) in [5.74, 6) is 0. The summed E-state index contributed by atoms with van der Waals surface area (Å²) < 4.78 is 0. The van der Waals surface area contributed by atoms with Crippen LogP contribution in [0.1, 0.15) is 60.8 Å². The second-order valence-electron chi connectivity index (χ2n) is 7.38. The van der Waals surface area contributed by atoms with Crippen LogP contribution >= 0.6 is 12.2 Å². The summed E-state index contributed by atoms with van der Waals surface area (Å²) in [5.41, 5.74) is 0.819. The van der Waals surface area contributed by atoms with Crippen molar-refractivity contribution in [3.8, 4) is 0 Å². The summed E-state index contributed by atoms with van der Waals surface area (Å²) in [6, 6.07) is 0.909. The molecule has 2 N–H and O–H groups in total. The molecule has 0 heterocycles. The number of hydrogen-bond acceptors (Lipinski definition) is 1. The first-order chi connectivity index (χ1) is 7.60. The van der Waals surface area contributed by atoms with Crippen LogP contribution in [0.15, 0.2) is 0 Å². The summed E-state index contributed by atoms with van der Waals surface area (Å²) >= 11 is 5.34. The number of hydrogen-bond donors (Lipinski definition) is 2. The summed E-state index contributed by atoms with van der Waals surface area (Å²) in [6.07, 6.45) is 3.70. The highest BCUT2D eigenvalue weighted by molar-refractivity contribution is 7.80. The van der Waals surface area contributed by atoms with E-state index in [2.05, 4.69) is 52.2 Å². The highest BCUT2D eigenvalue weighted by atomic mass is 32.1. The molecule has 0 aliphatic heterocycles. The zero-order valence-corrected chi connectivity index (χ0v) is 13.0. The maximum atomic E-state index is 5.34. The van der Waals surface area contributed by atoms with Crippen LogP contribution in [0, 0.1) is 10.8 Å². The van der Waals surface area contributed by atoms with Gasteiger partial charge in [0.25, 0.3) is 0 Å². The molecule has 0 atom stereocenters. The molecule has 100 valence electrons. The minimum Gasteiger partial charge on any atom is -0.361 e. The fourth-order valence-electron chi connectivity index (χ4n) is 3.44. The first-order valence-corrected chi connectivity index (χ1v) is 7.08. The zero-order valence-electron chi connectivity index (χ0n) is 12.2. The number of rotatable bonds is 2. The van der Waals surface area contributed by atoms with Gasteiger partial charge in [0, 0.05) is 12.1 Å². The van der Waals surface area contributed by atoms with Crippen molar-refractivity contribution >= 4 is 17.3 Å². The maximum Gasteiger partial charge on any atom is 0.166 e. The number of thiocarbonyl (C=S) groups is 1. The monoisotopic (exact) mass is 256 g/mol. The van der Waals surface area contributed by atoms with E-state index in [0.29, 0.717) is 22.9 Å². The van der Waals surface area contributed by atoms with E-state index in [1.54, 1.807) is 0 Å². The lowest BCUT2D eigenvalue weighted by atomic mass is 9.63. The second-order valence-corrected chi connectivity index (χ2v) is 7.79. The SMILES string of the molecule is CC(C)NC(=S)NC1CC(C)(C)CC(C)(C)C1. The molecule has 1 saturated carbocycles. The first kappa shape index (κ1) is 14.7. The Morgan fingerprint density at radius 3 is 2.00 bits per heavy atom. The molecule has 0 bridgehead atoms. The average molecular weight is 256 g/mol. The molecule has 0 aromatic carbocycles. The van der Waals surface area contributed by atoms with E-state index in [1.165, 1.54) is 19.3 Å². The van der Waals surface area contributed by atoms with Gasteiger partial charge in [-0.2, -0.15) is 0 Å². The molecular weight excluding hydrogens is 228 g/mol. The summed E-state index contributed by atoms with van der Waals surface area (Å²) in [6.45, 7) is 13.7. The van der Waals surface area contributed by atoms with Crippen molar-refractivity contribution in [2.45, 2.75) is 72.9 Å². The van der Waals surface area contributed by atoms with E-state index < -0.39 is 0 Å². The first-order valence-electron chi connectivity index (χ1n) is 6.67. The van der Waals surface area contributed by atoms with E-state index in [1.807, 2.05) is 0 Å². The Morgan fingerprint density at radius 1 is 1.12 bits per heavy atom. The fraction of sp³-hybridized carbons (Fsp3) is 0.929. The van der Waals surface area contributed by atoms with Crippen LogP contribution in [0.25, 0.3) is 0 Å². The standard InChI is InChI=1S/C14H28N2S/c1-10(2)15-12(17)16-11-7-13(3,4)9-14(5,6)8-11/h10-11H,7-9H2,1-6H3,(H2,15,16,17). The van der Waals surface area contributed by atoms with Crippen molar-refractivity contribution < 1.29 is 0 Å². The van der Waals surface area contributed by atoms with Gasteiger partial charge in [-0.3, -0.25) is 0 Å². The normalized spacial score (nSPS) is 23.5. The van der Waals surface area contributed by atoms with Gasteiger partial charge in [0.05, 0.1) is 0 Å². The lowest BCUT2D eigenvalue weighted by Gasteiger charge is -2.45. The molecule has 17 heavy (non-hydrogen) atoms. The van der Waals surface area contributed by atoms with Crippen LogP contribution in [0.5, 0.6) is 0 Å². The van der Waals surface area contributed by atoms with E-state index in [9.17, 15) is 0 Å². The summed E-state index contributed by atoms with van der Waals surface area (Å²) in [4.78, 5) is 0. The van der Waals surface area contributed by atoms with Gasteiger partial charge in [0.2, 0.25) is 0 Å². The average Bonchev–Trinajstić information content (AvgIpc) is 1.93. The van der Waals surface area contributed by atoms with Gasteiger partial charge in [-0.15, -0.1) is 0 Å². The Hall–Kier alpha value is -0.310. The Kier molecular flexibility index (Phi) is 4.45. The molecule has 0 radical (unpaired) electrons. The smallest absolute Gasteiger partial charge is 0.166 e. The minimum atomic E-state index is 0.402. The van der Waals surface area contributed by atoms with Crippen molar-refractivity contribution in [1.82, 2.24) is 10.6 Å². The Labute approximate surface area is 112 Å². The van der Waals surface area contributed by atoms with Crippen LogP contribution in [0.4, 0.5) is 0 Å². The highest BCUT2D eigenvalue weighted by Gasteiger charge is 2.38. The molecular formula is C14H28N2S. The summed E-state index contributed by atoms with van der Waals surface area (Å²) in [7, 11) is 0. The largest absolute Gasteiger partial charge is 0.361 e. The third-order valence-electron chi connectivity index (χ3n) is 3.31. The van der Waals surface area contributed by atoms with Gasteiger partial charge in [0.1, 0.15) is 0 Å². The van der Waals surface area contributed by atoms with Gasteiger partial charge in [0.15, 0.2) is 5.11 Å². The number of nitrogens with one attached hydrogen (secondary N) is 2. The van der Waals surface area contributed by atoms with E-state index in [4.69, 9.17) is 12.2 Å². The Morgan fingerprint density at radius 2 is 1.59 bits per heavy atom. The van der Waals surface area contributed by atoms with Gasteiger partial charge < -0.3 is 10.6 Å². The van der Waals surface area contributed by atoms with Crippen molar-refractivity contribution in [3.05, 3.63) is 0 Å². The molecule has 3 heteroatoms. The molecule has 1 aliphatic rings. The third kappa shape index (κ3) is 5.24. The molecule has 0 saturated heterocycles. The quantitative estimate of drug-likeness (QED) is 0.740. The van der Waals surface area contributed by atoms with Crippen LogP contribution < -0.4 is 10.6 Å². The highest BCUT2D eigenvalue weighted by Crippen LogP contribution is 2.45.